The molecule has 1 unspecified atom stereocenters. The number of rotatable bonds is 7. The van der Waals surface area contributed by atoms with Crippen molar-refractivity contribution in [3.05, 3.63) is 29.3 Å². The fraction of sp³-hybridized carbons (Fsp3) is 0.632. The Morgan fingerprint density at radius 1 is 1.44 bits per heavy atom. The summed E-state index contributed by atoms with van der Waals surface area (Å²) in [5, 5.41) is 16.4. The molecular weight excluding hydrogens is 318 g/mol. The number of fused-ring (bicyclic) bond motifs is 1. The maximum absolute atomic E-state index is 12.3. The minimum atomic E-state index is -0.589. The third-order valence-electron chi connectivity index (χ3n) is 3.94. The highest BCUT2D eigenvalue weighted by Crippen LogP contribution is 2.26. The minimum Gasteiger partial charge on any atom is -0.444 e. The third-order valence-corrected chi connectivity index (χ3v) is 3.94. The van der Waals surface area contributed by atoms with Gasteiger partial charge in [-0.15, -0.1) is 0 Å². The molecule has 140 valence electrons. The number of aliphatic hydroxyl groups excluding tert-OH is 1. The molecule has 1 atom stereocenters. The molecule has 0 saturated carbocycles. The predicted octanol–water partition coefficient (Wildman–Crippen LogP) is 2.36. The van der Waals surface area contributed by atoms with E-state index in [9.17, 15) is 9.90 Å². The van der Waals surface area contributed by atoms with Gasteiger partial charge in [0.25, 0.3) is 0 Å². The Hall–Kier alpha value is -1.79. The zero-order valence-corrected chi connectivity index (χ0v) is 15.8. The molecule has 0 aromatic heterocycles. The van der Waals surface area contributed by atoms with Gasteiger partial charge in [-0.2, -0.15) is 0 Å². The Morgan fingerprint density at radius 2 is 2.20 bits per heavy atom. The van der Waals surface area contributed by atoms with Crippen molar-refractivity contribution in [1.29, 1.82) is 0 Å². The second kappa shape index (κ2) is 8.54. The van der Waals surface area contributed by atoms with Crippen molar-refractivity contribution >= 4 is 11.8 Å². The maximum Gasteiger partial charge on any atom is 0.410 e. The molecule has 6 heteroatoms. The van der Waals surface area contributed by atoms with Crippen LogP contribution in [0.4, 0.5) is 10.5 Å². The van der Waals surface area contributed by atoms with Crippen molar-refractivity contribution in [3.8, 4) is 0 Å². The van der Waals surface area contributed by atoms with Gasteiger partial charge in [0.05, 0.1) is 6.10 Å². The van der Waals surface area contributed by atoms with E-state index in [0.717, 1.165) is 19.5 Å². The molecule has 3 N–H and O–H groups in total. The molecule has 1 aromatic rings. The van der Waals surface area contributed by atoms with Crippen LogP contribution in [0.3, 0.4) is 0 Å². The second-order valence-corrected chi connectivity index (χ2v) is 7.58. The summed E-state index contributed by atoms with van der Waals surface area (Å²) in [6.07, 6.45) is 0.0934. The topological polar surface area (TPSA) is 73.8 Å². The number of carbonyl (C=O) groups is 1. The Morgan fingerprint density at radius 3 is 2.88 bits per heavy atom. The van der Waals surface area contributed by atoms with Crippen LogP contribution in [-0.2, 0) is 17.7 Å². The lowest BCUT2D eigenvalue weighted by Gasteiger charge is -2.28. The Kier molecular flexibility index (Phi) is 6.67. The van der Waals surface area contributed by atoms with Crippen LogP contribution in [-0.4, -0.2) is 54.0 Å². The Balaban J connectivity index is 1.84. The van der Waals surface area contributed by atoms with E-state index in [-0.39, 0.29) is 6.54 Å². The summed E-state index contributed by atoms with van der Waals surface area (Å²) in [6, 6.07) is 6.36. The fourth-order valence-corrected chi connectivity index (χ4v) is 2.90. The molecule has 25 heavy (non-hydrogen) atoms. The van der Waals surface area contributed by atoms with E-state index in [2.05, 4.69) is 28.8 Å². The molecule has 0 saturated heterocycles. The number of aliphatic hydroxyl groups is 1. The van der Waals surface area contributed by atoms with Gasteiger partial charge in [0.2, 0.25) is 0 Å². The van der Waals surface area contributed by atoms with Crippen LogP contribution in [0.1, 0.15) is 38.8 Å². The van der Waals surface area contributed by atoms with Crippen molar-refractivity contribution in [3.63, 3.8) is 0 Å². The van der Waals surface area contributed by atoms with E-state index in [1.165, 1.54) is 16.8 Å². The number of ether oxygens (including phenoxy) is 1. The largest absolute Gasteiger partial charge is 0.444 e. The van der Waals surface area contributed by atoms with Gasteiger partial charge in [-0.25, -0.2) is 4.79 Å². The van der Waals surface area contributed by atoms with E-state index >= 15 is 0 Å². The van der Waals surface area contributed by atoms with Gasteiger partial charge in [-0.05, 0) is 45.2 Å². The first-order valence-electron chi connectivity index (χ1n) is 8.97. The van der Waals surface area contributed by atoms with Gasteiger partial charge in [0.1, 0.15) is 5.60 Å². The normalized spacial score (nSPS) is 14.6. The number of anilines is 1. The highest BCUT2D eigenvalue weighted by atomic mass is 16.6. The smallest absolute Gasteiger partial charge is 0.410 e. The molecule has 0 aliphatic carbocycles. The second-order valence-electron chi connectivity index (χ2n) is 7.58. The predicted molar refractivity (Wildman–Crippen MR) is 99.8 cm³/mol. The molecule has 1 aromatic carbocycles. The maximum atomic E-state index is 12.3. The monoisotopic (exact) mass is 349 g/mol. The van der Waals surface area contributed by atoms with Gasteiger partial charge in [-0.3, -0.25) is 0 Å². The number of nitrogens with zero attached hydrogens (tertiary/aromatic N) is 1. The van der Waals surface area contributed by atoms with Gasteiger partial charge < -0.3 is 25.4 Å². The van der Waals surface area contributed by atoms with Crippen molar-refractivity contribution < 1.29 is 14.6 Å². The average Bonchev–Trinajstić information content (AvgIpc) is 2.97. The number of amides is 1. The molecule has 1 aliphatic rings. The lowest BCUT2D eigenvalue weighted by atomic mass is 10.1. The molecule has 1 aliphatic heterocycles. The Labute approximate surface area is 150 Å². The van der Waals surface area contributed by atoms with Crippen molar-refractivity contribution in [1.82, 2.24) is 10.2 Å². The zero-order valence-electron chi connectivity index (χ0n) is 15.8. The highest BCUT2D eigenvalue weighted by molar-refractivity contribution is 5.68. The summed E-state index contributed by atoms with van der Waals surface area (Å²) in [5.74, 6) is 0. The van der Waals surface area contributed by atoms with Crippen LogP contribution in [0.5, 0.6) is 0 Å². The molecule has 6 nitrogen and oxygen atoms in total. The molecular formula is C19H31N3O3. The van der Waals surface area contributed by atoms with Crippen LogP contribution >= 0.6 is 0 Å². The third kappa shape index (κ3) is 6.21. The van der Waals surface area contributed by atoms with Crippen LogP contribution in [0.15, 0.2) is 18.2 Å². The van der Waals surface area contributed by atoms with E-state index in [4.69, 9.17) is 4.74 Å². The number of carbonyl (C=O) groups excluding carboxylic acids is 1. The number of benzene rings is 1. The van der Waals surface area contributed by atoms with Gasteiger partial charge in [0.15, 0.2) is 0 Å². The van der Waals surface area contributed by atoms with Crippen molar-refractivity contribution in [2.75, 3.05) is 31.5 Å². The first-order chi connectivity index (χ1) is 11.8. The quantitative estimate of drug-likeness (QED) is 0.659. The summed E-state index contributed by atoms with van der Waals surface area (Å²) < 4.78 is 5.41. The van der Waals surface area contributed by atoms with Gasteiger partial charge in [-0.1, -0.05) is 18.2 Å². The van der Waals surface area contributed by atoms with E-state index in [1.54, 1.807) is 11.8 Å². The van der Waals surface area contributed by atoms with Crippen molar-refractivity contribution in [2.24, 2.45) is 0 Å². The highest BCUT2D eigenvalue weighted by Gasteiger charge is 2.22. The molecule has 0 spiro atoms. The minimum absolute atomic E-state index is 0.263. The van der Waals surface area contributed by atoms with E-state index in [1.807, 2.05) is 20.8 Å². The van der Waals surface area contributed by atoms with E-state index < -0.39 is 17.8 Å². The summed E-state index contributed by atoms with van der Waals surface area (Å²) in [5.41, 5.74) is 3.30. The lowest BCUT2D eigenvalue weighted by Crippen LogP contribution is -2.43. The van der Waals surface area contributed by atoms with Gasteiger partial charge >= 0.3 is 6.09 Å². The first kappa shape index (κ1) is 19.5. The van der Waals surface area contributed by atoms with Crippen LogP contribution < -0.4 is 10.6 Å². The lowest BCUT2D eigenvalue weighted by molar-refractivity contribution is 0.0164. The SMILES string of the molecule is CC(O)CN(CCNCc1cccc2c1NCC2)C(=O)OC(C)(C)C. The molecule has 1 amide bonds. The zero-order chi connectivity index (χ0) is 18.4. The van der Waals surface area contributed by atoms with Crippen LogP contribution in [0, 0.1) is 0 Å². The molecule has 0 bridgehead atoms. The number of hydrogen-bond acceptors (Lipinski definition) is 5. The molecule has 1 heterocycles. The first-order valence-corrected chi connectivity index (χ1v) is 8.97. The number of nitrogens with one attached hydrogen (secondary N) is 2. The number of para-hydroxylation sites is 1. The van der Waals surface area contributed by atoms with Crippen LogP contribution in [0.2, 0.25) is 0 Å². The van der Waals surface area contributed by atoms with Gasteiger partial charge in [0, 0.05) is 38.4 Å². The summed E-state index contributed by atoms with van der Waals surface area (Å²) in [7, 11) is 0. The van der Waals surface area contributed by atoms with Crippen LogP contribution in [0.25, 0.3) is 0 Å². The standard InChI is InChI=1S/C19H31N3O3/c1-14(23)13-22(18(24)25-19(2,3)4)11-10-20-12-16-7-5-6-15-8-9-21-17(15)16/h5-7,14,20-21,23H,8-13H2,1-4H3. The summed E-state index contributed by atoms with van der Waals surface area (Å²) in [6.45, 7) is 10.3. The molecule has 0 radical (unpaired) electrons. The average molecular weight is 349 g/mol. The number of hydrogen-bond donors (Lipinski definition) is 3. The van der Waals surface area contributed by atoms with E-state index in [0.29, 0.717) is 13.1 Å². The molecule has 0 fully saturated rings. The fourth-order valence-electron chi connectivity index (χ4n) is 2.90. The van der Waals surface area contributed by atoms with Crippen molar-refractivity contribution in [2.45, 2.75) is 52.4 Å². The summed E-state index contributed by atoms with van der Waals surface area (Å²) >= 11 is 0. The summed E-state index contributed by atoms with van der Waals surface area (Å²) in [4.78, 5) is 13.8. The Bertz CT molecular complexity index is 582. The molecule has 2 rings (SSSR count).